The van der Waals surface area contributed by atoms with Crippen LogP contribution < -0.4 is 0 Å². The molecule has 1 fully saturated rings. The third-order valence-corrected chi connectivity index (χ3v) is 3.44. The van der Waals surface area contributed by atoms with Gasteiger partial charge in [0.25, 0.3) is 0 Å². The van der Waals surface area contributed by atoms with Crippen molar-refractivity contribution in [3.63, 3.8) is 0 Å². The summed E-state index contributed by atoms with van der Waals surface area (Å²) in [6, 6.07) is 3.88. The van der Waals surface area contributed by atoms with Gasteiger partial charge in [-0.1, -0.05) is 18.5 Å². The SMILES string of the molecule is CC1CCN(Cc2ccc(Cl)nn2)C1CO. The second-order valence-corrected chi connectivity index (χ2v) is 4.72. The Morgan fingerprint density at radius 1 is 1.50 bits per heavy atom. The maximum absolute atomic E-state index is 9.33. The maximum Gasteiger partial charge on any atom is 0.151 e. The summed E-state index contributed by atoms with van der Waals surface area (Å²) in [4.78, 5) is 2.25. The fourth-order valence-corrected chi connectivity index (χ4v) is 2.32. The van der Waals surface area contributed by atoms with Crippen molar-refractivity contribution < 1.29 is 5.11 Å². The van der Waals surface area contributed by atoms with Crippen molar-refractivity contribution in [1.82, 2.24) is 15.1 Å². The molecule has 2 rings (SSSR count). The fourth-order valence-electron chi connectivity index (χ4n) is 2.22. The van der Waals surface area contributed by atoms with Gasteiger partial charge in [-0.2, -0.15) is 5.10 Å². The Kier molecular flexibility index (Phi) is 3.74. The van der Waals surface area contributed by atoms with Gasteiger partial charge in [0.15, 0.2) is 5.15 Å². The Morgan fingerprint density at radius 3 is 2.94 bits per heavy atom. The molecule has 88 valence electrons. The van der Waals surface area contributed by atoms with E-state index in [1.54, 1.807) is 6.07 Å². The molecule has 2 unspecified atom stereocenters. The summed E-state index contributed by atoms with van der Waals surface area (Å²) in [5.41, 5.74) is 0.900. The van der Waals surface area contributed by atoms with Gasteiger partial charge >= 0.3 is 0 Å². The van der Waals surface area contributed by atoms with Crippen LogP contribution >= 0.6 is 11.6 Å². The molecule has 4 nitrogen and oxygen atoms in total. The Balaban J connectivity index is 2.01. The number of aromatic nitrogens is 2. The highest BCUT2D eigenvalue weighted by atomic mass is 35.5. The summed E-state index contributed by atoms with van der Waals surface area (Å²) < 4.78 is 0. The van der Waals surface area contributed by atoms with Crippen LogP contribution in [0.5, 0.6) is 0 Å². The summed E-state index contributed by atoms with van der Waals surface area (Å²) >= 11 is 5.68. The number of hydrogen-bond acceptors (Lipinski definition) is 4. The summed E-state index contributed by atoms with van der Waals surface area (Å²) in [7, 11) is 0. The molecule has 1 N–H and O–H groups in total. The van der Waals surface area contributed by atoms with Crippen molar-refractivity contribution >= 4 is 11.6 Å². The molecule has 5 heteroatoms. The van der Waals surface area contributed by atoms with Gasteiger partial charge in [0.1, 0.15) is 0 Å². The van der Waals surface area contributed by atoms with Crippen LogP contribution in [0.1, 0.15) is 19.0 Å². The van der Waals surface area contributed by atoms with Gasteiger partial charge in [0.2, 0.25) is 0 Å². The highest BCUT2D eigenvalue weighted by Crippen LogP contribution is 2.24. The summed E-state index contributed by atoms with van der Waals surface area (Å²) in [6.45, 7) is 4.13. The van der Waals surface area contributed by atoms with Gasteiger partial charge in [-0.3, -0.25) is 4.90 Å². The minimum Gasteiger partial charge on any atom is -0.395 e. The number of aliphatic hydroxyl groups is 1. The Morgan fingerprint density at radius 2 is 2.31 bits per heavy atom. The van der Waals surface area contributed by atoms with E-state index in [2.05, 4.69) is 22.0 Å². The van der Waals surface area contributed by atoms with Crippen molar-refractivity contribution in [3.05, 3.63) is 23.0 Å². The van der Waals surface area contributed by atoms with Crippen LogP contribution in [0.15, 0.2) is 12.1 Å². The first-order valence-electron chi connectivity index (χ1n) is 5.53. The molecule has 1 aromatic rings. The van der Waals surface area contributed by atoms with E-state index in [-0.39, 0.29) is 12.6 Å². The lowest BCUT2D eigenvalue weighted by Gasteiger charge is -2.24. The fraction of sp³-hybridized carbons (Fsp3) is 0.636. The largest absolute Gasteiger partial charge is 0.395 e. The first-order valence-corrected chi connectivity index (χ1v) is 5.91. The quantitative estimate of drug-likeness (QED) is 0.868. The average Bonchev–Trinajstić information content (AvgIpc) is 2.63. The minimum atomic E-state index is 0.211. The number of nitrogens with zero attached hydrogens (tertiary/aromatic N) is 3. The monoisotopic (exact) mass is 241 g/mol. The van der Waals surface area contributed by atoms with Gasteiger partial charge in [-0.25, -0.2) is 0 Å². The standard InChI is InChI=1S/C11H16ClN3O/c1-8-4-5-15(10(8)7-16)6-9-2-3-11(12)14-13-9/h2-3,8,10,16H,4-7H2,1H3. The summed E-state index contributed by atoms with van der Waals surface area (Å²) in [5, 5.41) is 17.6. The van der Waals surface area contributed by atoms with Crippen LogP contribution in [-0.2, 0) is 6.54 Å². The van der Waals surface area contributed by atoms with Crippen LogP contribution in [0.3, 0.4) is 0 Å². The Hall–Kier alpha value is -0.710. The van der Waals surface area contributed by atoms with Crippen LogP contribution in [-0.4, -0.2) is 39.4 Å². The molecular weight excluding hydrogens is 226 g/mol. The minimum absolute atomic E-state index is 0.211. The molecule has 1 aliphatic heterocycles. The number of hydrogen-bond donors (Lipinski definition) is 1. The van der Waals surface area contributed by atoms with E-state index in [1.165, 1.54) is 0 Å². The second kappa shape index (κ2) is 5.08. The molecule has 0 amide bonds. The number of likely N-dealkylation sites (tertiary alicyclic amines) is 1. The lowest BCUT2D eigenvalue weighted by atomic mass is 10.0. The van der Waals surface area contributed by atoms with Crippen LogP contribution in [0, 0.1) is 5.92 Å². The van der Waals surface area contributed by atoms with Crippen molar-refractivity contribution in [3.8, 4) is 0 Å². The molecule has 0 aliphatic carbocycles. The summed E-state index contributed by atoms with van der Waals surface area (Å²) in [6.07, 6.45) is 1.13. The molecule has 1 aliphatic rings. The third-order valence-electron chi connectivity index (χ3n) is 3.24. The van der Waals surface area contributed by atoms with E-state index < -0.39 is 0 Å². The van der Waals surface area contributed by atoms with Crippen LogP contribution in [0.2, 0.25) is 5.15 Å². The first-order chi connectivity index (χ1) is 7.70. The van der Waals surface area contributed by atoms with Gasteiger partial charge in [0, 0.05) is 12.6 Å². The van der Waals surface area contributed by atoms with Crippen molar-refractivity contribution in [2.24, 2.45) is 5.92 Å². The van der Waals surface area contributed by atoms with E-state index in [9.17, 15) is 5.11 Å². The molecule has 1 aromatic heterocycles. The molecule has 16 heavy (non-hydrogen) atoms. The van der Waals surface area contributed by atoms with Crippen molar-refractivity contribution in [1.29, 1.82) is 0 Å². The molecule has 0 bridgehead atoms. The third kappa shape index (κ3) is 2.51. The first kappa shape index (κ1) is 11.8. The average molecular weight is 242 g/mol. The molecule has 0 saturated carbocycles. The van der Waals surface area contributed by atoms with E-state index in [0.29, 0.717) is 11.1 Å². The zero-order valence-corrected chi connectivity index (χ0v) is 10.1. The van der Waals surface area contributed by atoms with Crippen LogP contribution in [0.25, 0.3) is 0 Å². The molecule has 0 aromatic carbocycles. The topological polar surface area (TPSA) is 49.2 Å². The van der Waals surface area contributed by atoms with E-state index in [4.69, 9.17) is 11.6 Å². The van der Waals surface area contributed by atoms with Crippen molar-refractivity contribution in [2.45, 2.75) is 25.9 Å². The molecular formula is C11H16ClN3O. The second-order valence-electron chi connectivity index (χ2n) is 4.33. The van der Waals surface area contributed by atoms with E-state index in [1.807, 2.05) is 6.07 Å². The lowest BCUT2D eigenvalue weighted by molar-refractivity contribution is 0.133. The zero-order valence-electron chi connectivity index (χ0n) is 9.30. The highest BCUT2D eigenvalue weighted by molar-refractivity contribution is 6.29. The van der Waals surface area contributed by atoms with Gasteiger partial charge < -0.3 is 5.11 Å². The predicted molar refractivity (Wildman–Crippen MR) is 62.1 cm³/mol. The lowest BCUT2D eigenvalue weighted by Crippen LogP contribution is -2.34. The van der Waals surface area contributed by atoms with Gasteiger partial charge in [0.05, 0.1) is 12.3 Å². The number of rotatable bonds is 3. The zero-order chi connectivity index (χ0) is 11.5. The molecule has 0 spiro atoms. The van der Waals surface area contributed by atoms with E-state index in [0.717, 1.165) is 25.2 Å². The van der Waals surface area contributed by atoms with Crippen molar-refractivity contribution in [2.75, 3.05) is 13.2 Å². The molecule has 2 heterocycles. The highest BCUT2D eigenvalue weighted by Gasteiger charge is 2.30. The normalized spacial score (nSPS) is 26.2. The summed E-state index contributed by atoms with van der Waals surface area (Å²) in [5.74, 6) is 0.547. The predicted octanol–water partition coefficient (Wildman–Crippen LogP) is 1.33. The maximum atomic E-state index is 9.33. The van der Waals surface area contributed by atoms with Gasteiger partial charge in [-0.05, 0) is 31.0 Å². The smallest absolute Gasteiger partial charge is 0.151 e. The number of aliphatic hydroxyl groups excluding tert-OH is 1. The molecule has 2 atom stereocenters. The Labute approximate surface area is 100 Å². The van der Waals surface area contributed by atoms with E-state index >= 15 is 0 Å². The van der Waals surface area contributed by atoms with Gasteiger partial charge in [-0.15, -0.1) is 5.10 Å². The molecule has 1 saturated heterocycles. The van der Waals surface area contributed by atoms with Crippen LogP contribution in [0.4, 0.5) is 0 Å². The molecule has 0 radical (unpaired) electrons. The Bertz CT molecular complexity index is 344. The number of halogens is 1.